The van der Waals surface area contributed by atoms with E-state index in [4.69, 9.17) is 16.3 Å². The lowest BCUT2D eigenvalue weighted by Crippen LogP contribution is -2.35. The molecule has 0 N–H and O–H groups in total. The fourth-order valence-corrected chi connectivity index (χ4v) is 3.61. The number of carbonyl (C=O) groups is 1. The third-order valence-corrected chi connectivity index (χ3v) is 5.34. The van der Waals surface area contributed by atoms with Crippen molar-refractivity contribution < 1.29 is 9.53 Å². The molecule has 1 atom stereocenters. The lowest BCUT2D eigenvalue weighted by Gasteiger charge is -2.29. The van der Waals surface area contributed by atoms with Gasteiger partial charge >= 0.3 is 6.09 Å². The van der Waals surface area contributed by atoms with E-state index in [1.165, 1.54) is 24.8 Å². The standard InChI is InChI=1S/C21H33ClN2O2/c1-6-17-14-24(20(25)26-21(3,4)5)15-18(17)10-11-19(22)16(2)23-12-8-7-9-13-23/h6,10-11,18H,7-9,12-15H2,1-5H3/b11-10?,17-6-,19-16-. The predicted molar refractivity (Wildman–Crippen MR) is 108 cm³/mol. The van der Waals surface area contributed by atoms with Crippen LogP contribution in [0, 0.1) is 5.92 Å². The maximum Gasteiger partial charge on any atom is 0.410 e. The van der Waals surface area contributed by atoms with Crippen LogP contribution in [0.15, 0.2) is 34.5 Å². The van der Waals surface area contributed by atoms with Gasteiger partial charge in [0.25, 0.3) is 0 Å². The Kier molecular flexibility index (Phi) is 7.22. The highest BCUT2D eigenvalue weighted by molar-refractivity contribution is 6.31. The predicted octanol–water partition coefficient (Wildman–Crippen LogP) is 5.31. The van der Waals surface area contributed by atoms with Gasteiger partial charge in [-0.1, -0.05) is 23.8 Å². The Hall–Kier alpha value is -1.42. The minimum atomic E-state index is -0.474. The Bertz CT molecular complexity index is 596. The van der Waals surface area contributed by atoms with E-state index in [-0.39, 0.29) is 12.0 Å². The van der Waals surface area contributed by atoms with Gasteiger partial charge in [0.05, 0.1) is 5.03 Å². The van der Waals surface area contributed by atoms with Gasteiger partial charge in [-0.25, -0.2) is 4.79 Å². The number of allylic oxidation sites excluding steroid dienone is 4. The maximum atomic E-state index is 12.3. The molecule has 2 aliphatic rings. The van der Waals surface area contributed by atoms with E-state index < -0.39 is 5.60 Å². The molecule has 1 unspecified atom stereocenters. The summed E-state index contributed by atoms with van der Waals surface area (Å²) in [6.07, 6.45) is 9.74. The fraction of sp³-hybridized carbons (Fsp3) is 0.667. The van der Waals surface area contributed by atoms with Crippen molar-refractivity contribution in [2.45, 2.75) is 59.5 Å². The van der Waals surface area contributed by atoms with Crippen LogP contribution in [0.4, 0.5) is 4.79 Å². The molecule has 2 aliphatic heterocycles. The smallest absolute Gasteiger partial charge is 0.410 e. The number of hydrogen-bond donors (Lipinski definition) is 0. The first-order chi connectivity index (χ1) is 12.2. The van der Waals surface area contributed by atoms with E-state index in [2.05, 4.69) is 24.0 Å². The van der Waals surface area contributed by atoms with Gasteiger partial charge < -0.3 is 14.5 Å². The lowest BCUT2D eigenvalue weighted by atomic mass is 10.0. The van der Waals surface area contributed by atoms with Crippen LogP contribution >= 0.6 is 11.6 Å². The molecule has 0 aromatic carbocycles. The highest BCUT2D eigenvalue weighted by Gasteiger charge is 2.31. The normalized spacial score (nSPS) is 24.4. The van der Waals surface area contributed by atoms with Gasteiger partial charge in [-0.05, 0) is 65.5 Å². The van der Waals surface area contributed by atoms with Crippen molar-refractivity contribution in [1.29, 1.82) is 0 Å². The summed E-state index contributed by atoms with van der Waals surface area (Å²) in [5.41, 5.74) is 1.90. The largest absolute Gasteiger partial charge is 0.444 e. The first-order valence-electron chi connectivity index (χ1n) is 9.64. The number of ether oxygens (including phenoxy) is 1. The van der Waals surface area contributed by atoms with Crippen molar-refractivity contribution >= 4 is 17.7 Å². The topological polar surface area (TPSA) is 32.8 Å². The van der Waals surface area contributed by atoms with E-state index in [0.29, 0.717) is 13.1 Å². The third kappa shape index (κ3) is 5.80. The molecule has 5 heteroatoms. The molecule has 2 fully saturated rings. The zero-order chi connectivity index (χ0) is 19.3. The van der Waals surface area contributed by atoms with Gasteiger partial charge in [0.1, 0.15) is 5.60 Å². The maximum absolute atomic E-state index is 12.3. The molecule has 0 saturated carbocycles. The Morgan fingerprint density at radius 1 is 1.19 bits per heavy atom. The van der Waals surface area contributed by atoms with Crippen molar-refractivity contribution in [3.8, 4) is 0 Å². The van der Waals surface area contributed by atoms with Crippen LogP contribution in [0.25, 0.3) is 0 Å². The molecule has 1 amide bonds. The SMILES string of the molecule is C/C=C1/CN(C(=O)OC(C)(C)C)CC1C=C/C(Cl)=C(\C)N1CCCCC1. The summed E-state index contributed by atoms with van der Waals surface area (Å²) in [5.74, 6) is 0.190. The quantitative estimate of drug-likeness (QED) is 0.491. The van der Waals surface area contributed by atoms with E-state index in [1.807, 2.05) is 33.8 Å². The highest BCUT2D eigenvalue weighted by atomic mass is 35.5. The Morgan fingerprint density at radius 2 is 1.85 bits per heavy atom. The van der Waals surface area contributed by atoms with Gasteiger partial charge in [-0.3, -0.25) is 0 Å². The summed E-state index contributed by atoms with van der Waals surface area (Å²) in [7, 11) is 0. The fourth-order valence-electron chi connectivity index (χ4n) is 3.41. The molecule has 0 bridgehead atoms. The number of nitrogens with zero attached hydrogens (tertiary/aromatic N) is 2. The summed E-state index contributed by atoms with van der Waals surface area (Å²) in [4.78, 5) is 16.5. The lowest BCUT2D eigenvalue weighted by molar-refractivity contribution is 0.0294. The van der Waals surface area contributed by atoms with E-state index in [1.54, 1.807) is 4.90 Å². The molecular weight excluding hydrogens is 348 g/mol. The summed E-state index contributed by atoms with van der Waals surface area (Å²) in [5, 5.41) is 0.790. The van der Waals surface area contributed by atoms with E-state index >= 15 is 0 Å². The number of likely N-dealkylation sites (tertiary alicyclic amines) is 2. The summed E-state index contributed by atoms with van der Waals surface area (Å²) in [6.45, 7) is 13.2. The van der Waals surface area contributed by atoms with Gasteiger partial charge in [0.2, 0.25) is 0 Å². The van der Waals surface area contributed by atoms with Crippen LogP contribution in [-0.2, 0) is 4.74 Å². The van der Waals surface area contributed by atoms with Crippen LogP contribution in [-0.4, -0.2) is 47.7 Å². The number of carbonyl (C=O) groups excluding carboxylic acids is 1. The number of halogens is 1. The van der Waals surface area contributed by atoms with Crippen molar-refractivity contribution in [3.63, 3.8) is 0 Å². The Labute approximate surface area is 163 Å². The molecule has 0 aromatic heterocycles. The first-order valence-corrected chi connectivity index (χ1v) is 10.0. The second-order valence-electron chi connectivity index (χ2n) is 8.17. The summed E-state index contributed by atoms with van der Waals surface area (Å²) >= 11 is 6.55. The molecular formula is C21H33ClN2O2. The number of piperidine rings is 1. The van der Waals surface area contributed by atoms with Crippen LogP contribution in [0.3, 0.4) is 0 Å². The number of rotatable bonds is 3. The molecule has 0 spiro atoms. The molecule has 0 aromatic rings. The summed E-state index contributed by atoms with van der Waals surface area (Å²) < 4.78 is 5.50. The van der Waals surface area contributed by atoms with Crippen molar-refractivity contribution in [1.82, 2.24) is 9.80 Å². The monoisotopic (exact) mass is 380 g/mol. The Balaban J connectivity index is 2.03. The van der Waals surface area contributed by atoms with E-state index in [9.17, 15) is 4.79 Å². The van der Waals surface area contributed by atoms with Crippen LogP contribution < -0.4 is 0 Å². The highest BCUT2D eigenvalue weighted by Crippen LogP contribution is 2.27. The van der Waals surface area contributed by atoms with Gasteiger partial charge in [-0.15, -0.1) is 0 Å². The molecule has 26 heavy (non-hydrogen) atoms. The first kappa shape index (κ1) is 20.9. The van der Waals surface area contributed by atoms with Crippen LogP contribution in [0.2, 0.25) is 0 Å². The van der Waals surface area contributed by atoms with Gasteiger partial charge in [-0.2, -0.15) is 0 Å². The second kappa shape index (κ2) is 8.98. The average Bonchev–Trinajstić information content (AvgIpc) is 3.02. The third-order valence-electron chi connectivity index (χ3n) is 4.94. The number of hydrogen-bond acceptors (Lipinski definition) is 3. The van der Waals surface area contributed by atoms with Gasteiger partial charge in [0.15, 0.2) is 0 Å². The van der Waals surface area contributed by atoms with Crippen molar-refractivity contribution in [2.75, 3.05) is 26.2 Å². The molecule has 2 rings (SSSR count). The Morgan fingerprint density at radius 3 is 2.42 bits per heavy atom. The second-order valence-corrected chi connectivity index (χ2v) is 8.58. The van der Waals surface area contributed by atoms with Crippen molar-refractivity contribution in [2.24, 2.45) is 5.92 Å². The average molecular weight is 381 g/mol. The molecule has 2 saturated heterocycles. The van der Waals surface area contributed by atoms with Crippen molar-refractivity contribution in [3.05, 3.63) is 34.5 Å². The van der Waals surface area contributed by atoms with Crippen LogP contribution in [0.5, 0.6) is 0 Å². The molecule has 4 nitrogen and oxygen atoms in total. The molecule has 0 aliphatic carbocycles. The molecule has 2 heterocycles. The zero-order valence-corrected chi connectivity index (χ0v) is 17.6. The number of amides is 1. The minimum Gasteiger partial charge on any atom is -0.444 e. The van der Waals surface area contributed by atoms with Gasteiger partial charge in [0, 0.05) is 37.8 Å². The minimum absolute atomic E-state index is 0.190. The van der Waals surface area contributed by atoms with Crippen LogP contribution in [0.1, 0.15) is 53.9 Å². The molecule has 146 valence electrons. The zero-order valence-electron chi connectivity index (χ0n) is 16.8. The molecule has 0 radical (unpaired) electrons. The summed E-state index contributed by atoms with van der Waals surface area (Å²) in [6, 6.07) is 0. The van der Waals surface area contributed by atoms with E-state index in [0.717, 1.165) is 23.8 Å².